The molecule has 1 rings (SSSR count). The van der Waals surface area contributed by atoms with E-state index < -0.39 is 0 Å². The van der Waals surface area contributed by atoms with Crippen molar-refractivity contribution in [2.75, 3.05) is 13.7 Å². The maximum Gasteiger partial charge on any atom is 0.120 e. The van der Waals surface area contributed by atoms with Crippen molar-refractivity contribution in [1.82, 2.24) is 5.32 Å². The third kappa shape index (κ3) is 3.69. The molecule has 0 heterocycles. The summed E-state index contributed by atoms with van der Waals surface area (Å²) in [4.78, 5) is 0. The average molecular weight is 242 g/mol. The lowest BCUT2D eigenvalue weighted by molar-refractivity contribution is 0.309. The highest BCUT2D eigenvalue weighted by Crippen LogP contribution is 2.27. The Labute approximate surface area is 103 Å². The van der Waals surface area contributed by atoms with Gasteiger partial charge in [0.25, 0.3) is 0 Å². The van der Waals surface area contributed by atoms with Gasteiger partial charge in [-0.15, -0.1) is 0 Å². The van der Waals surface area contributed by atoms with E-state index in [1.165, 1.54) is 0 Å². The van der Waals surface area contributed by atoms with Crippen LogP contribution < -0.4 is 10.1 Å². The van der Waals surface area contributed by atoms with E-state index >= 15 is 0 Å². The maximum absolute atomic E-state index is 6.20. The van der Waals surface area contributed by atoms with Gasteiger partial charge in [-0.2, -0.15) is 0 Å². The van der Waals surface area contributed by atoms with Crippen molar-refractivity contribution < 1.29 is 4.74 Å². The Morgan fingerprint density at radius 1 is 1.44 bits per heavy atom. The van der Waals surface area contributed by atoms with Crippen molar-refractivity contribution in [3.63, 3.8) is 0 Å². The molecule has 0 saturated heterocycles. The summed E-state index contributed by atoms with van der Waals surface area (Å²) in [6.45, 7) is 4.99. The van der Waals surface area contributed by atoms with E-state index in [4.69, 9.17) is 16.3 Å². The zero-order valence-electron chi connectivity index (χ0n) is 10.2. The maximum atomic E-state index is 6.20. The number of halogens is 1. The van der Waals surface area contributed by atoms with Crippen LogP contribution in [0.2, 0.25) is 5.02 Å². The molecule has 0 aromatic heterocycles. The zero-order valence-corrected chi connectivity index (χ0v) is 11.0. The minimum atomic E-state index is 0.261. The predicted molar refractivity (Wildman–Crippen MR) is 69.3 cm³/mol. The molecule has 0 amide bonds. The third-order valence-electron chi connectivity index (χ3n) is 2.64. The van der Waals surface area contributed by atoms with Crippen molar-refractivity contribution in [3.05, 3.63) is 28.8 Å². The normalized spacial score (nSPS) is 12.5. The van der Waals surface area contributed by atoms with Crippen LogP contribution in [0.1, 0.15) is 38.3 Å². The van der Waals surface area contributed by atoms with E-state index in [9.17, 15) is 0 Å². The first-order valence-corrected chi connectivity index (χ1v) is 6.16. The summed E-state index contributed by atoms with van der Waals surface area (Å²) in [5.41, 5.74) is 1.10. The molecular weight excluding hydrogens is 222 g/mol. The molecule has 0 aliphatic carbocycles. The van der Waals surface area contributed by atoms with Gasteiger partial charge in [0.15, 0.2) is 0 Å². The van der Waals surface area contributed by atoms with E-state index in [0.29, 0.717) is 0 Å². The Hall–Kier alpha value is -0.730. The second kappa shape index (κ2) is 6.77. The molecule has 2 nitrogen and oxygen atoms in total. The smallest absolute Gasteiger partial charge is 0.120 e. The quantitative estimate of drug-likeness (QED) is 0.765. The molecule has 1 aromatic rings. The van der Waals surface area contributed by atoms with E-state index in [2.05, 4.69) is 19.2 Å². The van der Waals surface area contributed by atoms with Gasteiger partial charge in [0, 0.05) is 11.1 Å². The molecule has 1 unspecified atom stereocenters. The van der Waals surface area contributed by atoms with Crippen molar-refractivity contribution in [2.45, 2.75) is 32.7 Å². The van der Waals surface area contributed by atoms with E-state index in [-0.39, 0.29) is 6.04 Å². The van der Waals surface area contributed by atoms with Crippen molar-refractivity contribution >= 4 is 11.6 Å². The number of nitrogens with one attached hydrogen (secondary N) is 1. The van der Waals surface area contributed by atoms with Crippen LogP contribution in [0.4, 0.5) is 0 Å². The van der Waals surface area contributed by atoms with E-state index in [0.717, 1.165) is 35.8 Å². The van der Waals surface area contributed by atoms with Gasteiger partial charge in [-0.3, -0.25) is 0 Å². The van der Waals surface area contributed by atoms with Crippen LogP contribution in [-0.4, -0.2) is 13.7 Å². The van der Waals surface area contributed by atoms with Gasteiger partial charge in [0.1, 0.15) is 5.75 Å². The highest BCUT2D eigenvalue weighted by molar-refractivity contribution is 6.31. The molecule has 3 heteroatoms. The zero-order chi connectivity index (χ0) is 12.0. The van der Waals surface area contributed by atoms with Crippen molar-refractivity contribution in [1.29, 1.82) is 0 Å². The van der Waals surface area contributed by atoms with E-state index in [1.807, 2.05) is 25.2 Å². The Morgan fingerprint density at radius 3 is 2.75 bits per heavy atom. The van der Waals surface area contributed by atoms with Gasteiger partial charge in [0.2, 0.25) is 0 Å². The summed E-state index contributed by atoms with van der Waals surface area (Å²) < 4.78 is 5.59. The first-order valence-electron chi connectivity index (χ1n) is 5.78. The summed E-state index contributed by atoms with van der Waals surface area (Å²) in [6.07, 6.45) is 2.22. The molecule has 0 aliphatic heterocycles. The number of hydrogen-bond acceptors (Lipinski definition) is 2. The highest BCUT2D eigenvalue weighted by atomic mass is 35.5. The summed E-state index contributed by atoms with van der Waals surface area (Å²) >= 11 is 6.20. The Kier molecular flexibility index (Phi) is 5.64. The summed E-state index contributed by atoms with van der Waals surface area (Å²) in [7, 11) is 1.92. The summed E-state index contributed by atoms with van der Waals surface area (Å²) in [5.74, 6) is 0.852. The van der Waals surface area contributed by atoms with Gasteiger partial charge in [-0.1, -0.05) is 31.0 Å². The molecule has 1 N–H and O–H groups in total. The molecule has 0 bridgehead atoms. The Bertz CT molecular complexity index is 328. The molecule has 0 saturated carbocycles. The molecule has 90 valence electrons. The van der Waals surface area contributed by atoms with E-state index in [1.54, 1.807) is 0 Å². The van der Waals surface area contributed by atoms with Gasteiger partial charge < -0.3 is 10.1 Å². The Morgan fingerprint density at radius 2 is 2.19 bits per heavy atom. The second-order valence-corrected chi connectivity index (χ2v) is 4.30. The minimum Gasteiger partial charge on any atom is -0.494 e. The second-order valence-electron chi connectivity index (χ2n) is 3.90. The first-order chi connectivity index (χ1) is 7.69. The van der Waals surface area contributed by atoms with Gasteiger partial charge in [-0.05, 0) is 38.1 Å². The number of hydrogen-bond donors (Lipinski definition) is 1. The lowest BCUT2D eigenvalue weighted by atomic mass is 10.1. The summed E-state index contributed by atoms with van der Waals surface area (Å²) in [5, 5.41) is 3.93. The number of unbranched alkanes of at least 4 members (excludes halogenated alkanes) is 1. The third-order valence-corrected chi connectivity index (χ3v) is 2.97. The SMILES string of the molecule is CCCCOc1ccc(C(C)NC)c(Cl)c1. The van der Waals surface area contributed by atoms with Crippen LogP contribution in [0.3, 0.4) is 0 Å². The van der Waals surface area contributed by atoms with Crippen LogP contribution in [0.5, 0.6) is 5.75 Å². The number of rotatable bonds is 6. The van der Waals surface area contributed by atoms with Crippen LogP contribution in [-0.2, 0) is 0 Å². The van der Waals surface area contributed by atoms with Crippen LogP contribution in [0.25, 0.3) is 0 Å². The Balaban J connectivity index is 2.67. The molecular formula is C13H20ClNO. The van der Waals surface area contributed by atoms with Crippen molar-refractivity contribution in [2.24, 2.45) is 0 Å². The number of benzene rings is 1. The monoisotopic (exact) mass is 241 g/mol. The molecule has 1 aromatic carbocycles. The van der Waals surface area contributed by atoms with Gasteiger partial charge in [0.05, 0.1) is 6.61 Å². The molecule has 0 spiro atoms. The van der Waals surface area contributed by atoms with Crippen molar-refractivity contribution in [3.8, 4) is 5.75 Å². The average Bonchev–Trinajstić information content (AvgIpc) is 2.29. The van der Waals surface area contributed by atoms with Crippen LogP contribution in [0, 0.1) is 0 Å². The summed E-state index contributed by atoms with van der Waals surface area (Å²) in [6, 6.07) is 6.15. The molecule has 0 aliphatic rings. The van der Waals surface area contributed by atoms with Gasteiger partial charge in [-0.25, -0.2) is 0 Å². The van der Waals surface area contributed by atoms with Crippen LogP contribution >= 0.6 is 11.6 Å². The topological polar surface area (TPSA) is 21.3 Å². The fourth-order valence-electron chi connectivity index (χ4n) is 1.44. The standard InChI is InChI=1S/C13H20ClNO/c1-4-5-8-16-11-6-7-12(10(2)15-3)13(14)9-11/h6-7,9-10,15H,4-5,8H2,1-3H3. The molecule has 0 radical (unpaired) electrons. The fourth-order valence-corrected chi connectivity index (χ4v) is 1.77. The number of ether oxygens (including phenoxy) is 1. The minimum absolute atomic E-state index is 0.261. The lowest BCUT2D eigenvalue weighted by Crippen LogP contribution is -2.12. The van der Waals surface area contributed by atoms with Crippen LogP contribution in [0.15, 0.2) is 18.2 Å². The molecule has 16 heavy (non-hydrogen) atoms. The molecule has 0 fully saturated rings. The fraction of sp³-hybridized carbons (Fsp3) is 0.538. The largest absolute Gasteiger partial charge is 0.494 e. The first kappa shape index (κ1) is 13.3. The molecule has 1 atom stereocenters. The highest BCUT2D eigenvalue weighted by Gasteiger charge is 2.08. The predicted octanol–water partition coefficient (Wildman–Crippen LogP) is 3.80. The van der Waals surface area contributed by atoms with Gasteiger partial charge >= 0.3 is 0 Å². The lowest BCUT2D eigenvalue weighted by Gasteiger charge is -2.14.